The van der Waals surface area contributed by atoms with E-state index < -0.39 is 11.7 Å². The number of amides is 1. The molecule has 0 radical (unpaired) electrons. The molecule has 2 aromatic carbocycles. The number of nitrogens with zero attached hydrogens (tertiary/aromatic N) is 2. The summed E-state index contributed by atoms with van der Waals surface area (Å²) in [6.07, 6.45) is 2.99. The van der Waals surface area contributed by atoms with Gasteiger partial charge in [0.15, 0.2) is 0 Å². The largest absolute Gasteiger partial charge is 0.314 e. The average molecular weight is 336 g/mol. The predicted molar refractivity (Wildman–Crippen MR) is 101 cm³/mol. The molecule has 0 saturated heterocycles. The Morgan fingerprint density at radius 2 is 1.60 bits per heavy atom. The number of rotatable bonds is 6. The molecular formula is C21H24N2O2. The van der Waals surface area contributed by atoms with Crippen LogP contribution in [-0.4, -0.2) is 30.0 Å². The molecule has 130 valence electrons. The average Bonchev–Trinajstić information content (AvgIpc) is 2.64. The summed E-state index contributed by atoms with van der Waals surface area (Å²) < 4.78 is 0. The lowest BCUT2D eigenvalue weighted by molar-refractivity contribution is -0.125. The fraction of sp³-hybridized carbons (Fsp3) is 0.286. The molecule has 0 saturated carbocycles. The van der Waals surface area contributed by atoms with E-state index in [0.717, 1.165) is 27.3 Å². The van der Waals surface area contributed by atoms with Gasteiger partial charge < -0.3 is 0 Å². The first-order valence-corrected chi connectivity index (χ1v) is 8.51. The summed E-state index contributed by atoms with van der Waals surface area (Å²) in [5.74, 6) is -1.12. The number of aryl methyl sites for hydroxylation is 3. The van der Waals surface area contributed by atoms with Crippen molar-refractivity contribution in [3.8, 4) is 0 Å². The molecule has 0 aliphatic heterocycles. The van der Waals surface area contributed by atoms with Crippen molar-refractivity contribution in [3.63, 3.8) is 0 Å². The molecule has 2 rings (SSSR count). The molecule has 0 aliphatic carbocycles. The molecule has 25 heavy (non-hydrogen) atoms. The number of Topliss-reactive ketones (excluding diaryl/α,β-unsaturated/α-hetero) is 1. The van der Waals surface area contributed by atoms with Crippen molar-refractivity contribution in [3.05, 3.63) is 70.3 Å². The maximum Gasteiger partial charge on any atom is 0.314 e. The zero-order valence-electron chi connectivity index (χ0n) is 15.2. The first-order chi connectivity index (χ1) is 12.0. The molecule has 0 aliphatic rings. The number of hydrazone groups is 1. The summed E-state index contributed by atoms with van der Waals surface area (Å²) in [4.78, 5) is 25.4. The molecule has 4 nitrogen and oxygen atoms in total. The Kier molecular flexibility index (Phi) is 6.23. The second-order valence-electron chi connectivity index (χ2n) is 5.98. The van der Waals surface area contributed by atoms with Gasteiger partial charge in [-0.15, -0.1) is 0 Å². The molecule has 0 unspecified atom stereocenters. The van der Waals surface area contributed by atoms with Crippen LogP contribution in [0.1, 0.15) is 46.5 Å². The quantitative estimate of drug-likeness (QED) is 0.349. The number of hydrogen-bond acceptors (Lipinski definition) is 3. The first kappa shape index (κ1) is 18.6. The third kappa shape index (κ3) is 4.41. The molecule has 2 aromatic rings. The van der Waals surface area contributed by atoms with E-state index in [9.17, 15) is 9.59 Å². The Labute approximate surface area is 149 Å². The molecule has 4 heteroatoms. The van der Waals surface area contributed by atoms with Crippen molar-refractivity contribution in [2.24, 2.45) is 5.10 Å². The van der Waals surface area contributed by atoms with Crippen LogP contribution in [0.3, 0.4) is 0 Å². The maximum atomic E-state index is 12.8. The molecule has 0 aromatic heterocycles. The molecule has 0 heterocycles. The van der Waals surface area contributed by atoms with Gasteiger partial charge in [0, 0.05) is 12.6 Å². The molecule has 0 spiro atoms. The van der Waals surface area contributed by atoms with Crippen LogP contribution in [0.15, 0.2) is 47.6 Å². The van der Waals surface area contributed by atoms with Crippen molar-refractivity contribution in [2.45, 2.75) is 33.6 Å². The van der Waals surface area contributed by atoms with E-state index in [2.05, 4.69) is 5.10 Å². The van der Waals surface area contributed by atoms with Crippen LogP contribution < -0.4 is 0 Å². The van der Waals surface area contributed by atoms with Gasteiger partial charge in [0.1, 0.15) is 0 Å². The lowest BCUT2D eigenvalue weighted by Crippen LogP contribution is -2.31. The Morgan fingerprint density at radius 3 is 2.12 bits per heavy atom. The van der Waals surface area contributed by atoms with Crippen molar-refractivity contribution < 1.29 is 9.59 Å². The highest BCUT2D eigenvalue weighted by Crippen LogP contribution is 2.20. The summed E-state index contributed by atoms with van der Waals surface area (Å²) in [6, 6.07) is 13.4. The lowest BCUT2D eigenvalue weighted by atomic mass is 9.92. The van der Waals surface area contributed by atoms with Crippen LogP contribution in [-0.2, 0) is 17.6 Å². The minimum absolute atomic E-state index is 0.499. The van der Waals surface area contributed by atoms with Gasteiger partial charge in [0.2, 0.25) is 0 Å². The number of likely N-dealkylation sites (N-methyl/N-ethyl adjacent to an activating group) is 1. The minimum atomic E-state index is -0.625. The second-order valence-corrected chi connectivity index (χ2v) is 5.98. The van der Waals surface area contributed by atoms with Gasteiger partial charge in [-0.25, -0.2) is 5.01 Å². The lowest BCUT2D eigenvalue weighted by Gasteiger charge is -2.15. The highest BCUT2D eigenvalue weighted by Gasteiger charge is 2.25. The third-order valence-corrected chi connectivity index (χ3v) is 4.10. The van der Waals surface area contributed by atoms with Crippen LogP contribution in [0.4, 0.5) is 0 Å². The van der Waals surface area contributed by atoms with Crippen molar-refractivity contribution in [2.75, 3.05) is 7.05 Å². The normalized spacial score (nSPS) is 10.9. The maximum absolute atomic E-state index is 12.8. The topological polar surface area (TPSA) is 49.7 Å². The van der Waals surface area contributed by atoms with Crippen LogP contribution in [0.5, 0.6) is 0 Å². The van der Waals surface area contributed by atoms with E-state index >= 15 is 0 Å². The number of carbonyl (C=O) groups excluding carboxylic acids is 2. The van der Waals surface area contributed by atoms with Gasteiger partial charge in [-0.3, -0.25) is 9.59 Å². The zero-order valence-corrected chi connectivity index (χ0v) is 15.2. The summed E-state index contributed by atoms with van der Waals surface area (Å²) in [5.41, 5.74) is 4.33. The molecule has 0 atom stereocenters. The van der Waals surface area contributed by atoms with Crippen molar-refractivity contribution >= 4 is 17.9 Å². The third-order valence-electron chi connectivity index (χ3n) is 4.10. The van der Waals surface area contributed by atoms with E-state index in [0.29, 0.717) is 18.4 Å². The minimum Gasteiger partial charge on any atom is -0.283 e. The number of carbonyl (C=O) groups is 2. The van der Waals surface area contributed by atoms with Gasteiger partial charge >= 0.3 is 5.91 Å². The Balaban J connectivity index is 2.28. The predicted octanol–water partition coefficient (Wildman–Crippen LogP) is 3.80. The zero-order chi connectivity index (χ0) is 18.4. The summed E-state index contributed by atoms with van der Waals surface area (Å²) in [7, 11) is 1.51. The Morgan fingerprint density at radius 1 is 1.04 bits per heavy atom. The van der Waals surface area contributed by atoms with E-state index in [-0.39, 0.29) is 0 Å². The van der Waals surface area contributed by atoms with Gasteiger partial charge in [-0.1, -0.05) is 61.9 Å². The fourth-order valence-electron chi connectivity index (χ4n) is 2.79. The van der Waals surface area contributed by atoms with E-state index in [1.54, 1.807) is 6.21 Å². The van der Waals surface area contributed by atoms with E-state index in [1.165, 1.54) is 7.05 Å². The second kappa shape index (κ2) is 8.38. The fourth-order valence-corrected chi connectivity index (χ4v) is 2.79. The standard InChI is InChI=1S/C21H24N2O2/c1-5-17-12-15(3)13-18(6-2)19(17)20(24)21(25)23(4)22-14-16-10-8-7-9-11-16/h7-14H,5-6H2,1-4H3/b22-14+. The van der Waals surface area contributed by atoms with Crippen LogP contribution in [0.25, 0.3) is 0 Å². The Bertz CT molecular complexity index is 770. The van der Waals surface area contributed by atoms with Gasteiger partial charge in [0.25, 0.3) is 5.78 Å². The summed E-state index contributed by atoms with van der Waals surface area (Å²) >= 11 is 0. The monoisotopic (exact) mass is 336 g/mol. The van der Waals surface area contributed by atoms with Crippen molar-refractivity contribution in [1.82, 2.24) is 5.01 Å². The molecule has 0 fully saturated rings. The van der Waals surface area contributed by atoms with Crippen molar-refractivity contribution in [1.29, 1.82) is 0 Å². The van der Waals surface area contributed by atoms with E-state index in [4.69, 9.17) is 0 Å². The molecule has 0 bridgehead atoms. The number of ketones is 1. The highest BCUT2D eigenvalue weighted by atomic mass is 16.2. The summed E-state index contributed by atoms with van der Waals surface area (Å²) in [5, 5.41) is 5.21. The van der Waals surface area contributed by atoms with Gasteiger partial charge in [-0.2, -0.15) is 5.10 Å². The van der Waals surface area contributed by atoms with Gasteiger partial charge in [0.05, 0.1) is 6.21 Å². The first-order valence-electron chi connectivity index (χ1n) is 8.51. The van der Waals surface area contributed by atoms with E-state index in [1.807, 2.05) is 63.2 Å². The summed E-state index contributed by atoms with van der Waals surface area (Å²) in [6.45, 7) is 5.99. The Hall–Kier alpha value is -2.75. The van der Waals surface area contributed by atoms with Crippen LogP contribution in [0.2, 0.25) is 0 Å². The SMILES string of the molecule is CCc1cc(C)cc(CC)c1C(=O)C(=O)N(C)/N=C/c1ccccc1. The highest BCUT2D eigenvalue weighted by molar-refractivity contribution is 6.43. The molecule has 1 amide bonds. The van der Waals surface area contributed by atoms with Crippen LogP contribution in [0, 0.1) is 6.92 Å². The number of benzene rings is 2. The van der Waals surface area contributed by atoms with Crippen LogP contribution >= 0.6 is 0 Å². The van der Waals surface area contributed by atoms with Gasteiger partial charge in [-0.05, 0) is 36.5 Å². The number of hydrogen-bond donors (Lipinski definition) is 0. The molecule has 0 N–H and O–H groups in total. The smallest absolute Gasteiger partial charge is 0.283 e. The molecular weight excluding hydrogens is 312 g/mol.